The zero-order valence-electron chi connectivity index (χ0n) is 20.3. The number of fused-ring (bicyclic) bond motifs is 2. The highest BCUT2D eigenvalue weighted by Gasteiger charge is 2.36. The van der Waals surface area contributed by atoms with Crippen LogP contribution in [0.1, 0.15) is 33.8 Å². The van der Waals surface area contributed by atoms with Crippen molar-refractivity contribution >= 4 is 22.8 Å². The average Bonchev–Trinajstić information content (AvgIpc) is 3.31. The number of carbonyl (C=O) groups excluding carboxylic acids is 2. The number of ketones is 1. The van der Waals surface area contributed by atoms with Gasteiger partial charge in [0.25, 0.3) is 0 Å². The molecular weight excluding hydrogens is 466 g/mol. The van der Waals surface area contributed by atoms with Gasteiger partial charge in [-0.05, 0) is 29.8 Å². The number of carbonyl (C=O) groups is 2. The molecule has 1 aromatic heterocycles. The van der Waals surface area contributed by atoms with Crippen molar-refractivity contribution in [3.63, 3.8) is 0 Å². The van der Waals surface area contributed by atoms with Crippen LogP contribution in [0.25, 0.3) is 11.0 Å². The fraction of sp³-hybridized carbons (Fsp3) is 0.346. The van der Waals surface area contributed by atoms with Crippen LogP contribution in [0.3, 0.4) is 0 Å². The molecule has 0 spiro atoms. The molecule has 0 bridgehead atoms. The normalized spacial score (nSPS) is 17.4. The quantitative estimate of drug-likeness (QED) is 0.425. The summed E-state index contributed by atoms with van der Waals surface area (Å²) < 4.78 is 19.4. The zero-order chi connectivity index (χ0) is 25.6. The number of aromatic nitrogens is 2. The maximum absolute atomic E-state index is 13.2. The molecule has 0 radical (unpaired) electrons. The molecule has 2 aliphatic rings. The van der Waals surface area contributed by atoms with Crippen LogP contribution in [0.4, 0.5) is 0 Å². The Labute approximate surface area is 206 Å². The van der Waals surface area contributed by atoms with Crippen molar-refractivity contribution < 1.29 is 28.9 Å². The number of esters is 1. The standard InChI is InChI=1S/C26H27N3O7/c1-27-18-6-4-15(12-19(18)28(2)26(27)33)17(13-22(31)34-3)23-20(30)7-5-16-24(32)21(36-25(16)23)14-29-8-10-35-11-9-29/h4-7,12,14,17,30H,8-11,13H2,1-3H3. The number of rotatable bonds is 5. The Balaban J connectivity index is 1.63. The number of morpholine rings is 1. The minimum Gasteiger partial charge on any atom is -0.508 e. The molecular formula is C26H27N3O7. The average molecular weight is 494 g/mol. The summed E-state index contributed by atoms with van der Waals surface area (Å²) in [7, 11) is 4.65. The monoisotopic (exact) mass is 493 g/mol. The summed E-state index contributed by atoms with van der Waals surface area (Å²) in [5, 5.41) is 11.0. The topological polar surface area (TPSA) is 112 Å². The largest absolute Gasteiger partial charge is 0.508 e. The van der Waals surface area contributed by atoms with Crippen molar-refractivity contribution in [2.24, 2.45) is 14.1 Å². The highest BCUT2D eigenvalue weighted by atomic mass is 16.5. The van der Waals surface area contributed by atoms with Crippen molar-refractivity contribution in [2.75, 3.05) is 33.4 Å². The molecule has 1 atom stereocenters. The van der Waals surface area contributed by atoms with E-state index in [1.54, 1.807) is 32.4 Å². The number of aromatic hydroxyl groups is 1. The highest BCUT2D eigenvalue weighted by molar-refractivity contribution is 6.12. The number of ether oxygens (including phenoxy) is 3. The lowest BCUT2D eigenvalue weighted by Gasteiger charge is -2.25. The molecule has 2 aromatic carbocycles. The van der Waals surface area contributed by atoms with Gasteiger partial charge in [0.15, 0.2) is 5.76 Å². The van der Waals surface area contributed by atoms with E-state index in [-0.39, 0.29) is 35.2 Å². The van der Waals surface area contributed by atoms with Crippen LogP contribution in [0.15, 0.2) is 47.1 Å². The first-order valence-corrected chi connectivity index (χ1v) is 11.6. The highest BCUT2D eigenvalue weighted by Crippen LogP contribution is 2.46. The summed E-state index contributed by atoms with van der Waals surface area (Å²) in [6.07, 6.45) is 1.57. The molecule has 1 fully saturated rings. The lowest BCUT2D eigenvalue weighted by molar-refractivity contribution is -0.140. The van der Waals surface area contributed by atoms with Gasteiger partial charge in [0.1, 0.15) is 11.5 Å². The van der Waals surface area contributed by atoms with Crippen molar-refractivity contribution in [3.05, 3.63) is 69.5 Å². The lowest BCUT2D eigenvalue weighted by Crippen LogP contribution is -2.32. The molecule has 10 heteroatoms. The molecule has 3 aromatic rings. The molecule has 36 heavy (non-hydrogen) atoms. The maximum Gasteiger partial charge on any atom is 0.328 e. The number of allylic oxidation sites excluding steroid dienone is 1. The van der Waals surface area contributed by atoms with E-state index in [9.17, 15) is 19.5 Å². The number of nitrogens with zero attached hydrogens (tertiary/aromatic N) is 3. The molecule has 1 unspecified atom stereocenters. The van der Waals surface area contributed by atoms with Crippen molar-refractivity contribution in [1.29, 1.82) is 0 Å². The molecule has 0 aliphatic carbocycles. The molecule has 3 heterocycles. The van der Waals surface area contributed by atoms with Crippen LogP contribution >= 0.6 is 0 Å². The third-order valence-electron chi connectivity index (χ3n) is 6.84. The van der Waals surface area contributed by atoms with E-state index in [4.69, 9.17) is 14.2 Å². The molecule has 0 amide bonds. The molecule has 1 N–H and O–H groups in total. The second-order valence-corrected chi connectivity index (χ2v) is 8.93. The zero-order valence-corrected chi connectivity index (χ0v) is 20.3. The van der Waals surface area contributed by atoms with Gasteiger partial charge >= 0.3 is 11.7 Å². The Bertz CT molecular complexity index is 1460. The van der Waals surface area contributed by atoms with Gasteiger partial charge in [0.05, 0.1) is 43.3 Å². The first kappa shape index (κ1) is 23.7. The predicted molar refractivity (Wildman–Crippen MR) is 130 cm³/mol. The second kappa shape index (κ2) is 9.19. The third-order valence-corrected chi connectivity index (χ3v) is 6.84. The van der Waals surface area contributed by atoms with E-state index >= 15 is 0 Å². The Morgan fingerprint density at radius 2 is 1.83 bits per heavy atom. The number of hydrogen-bond acceptors (Lipinski definition) is 8. The van der Waals surface area contributed by atoms with Gasteiger partial charge in [-0.3, -0.25) is 18.7 Å². The van der Waals surface area contributed by atoms with Gasteiger partial charge in [-0.15, -0.1) is 0 Å². The third kappa shape index (κ3) is 3.93. The SMILES string of the molecule is COC(=O)CC(c1ccc2c(c1)n(C)c(=O)n2C)c1c(O)ccc2c1OC(=CN1CCOCC1)C2=O. The first-order chi connectivity index (χ1) is 17.3. The van der Waals surface area contributed by atoms with Crippen molar-refractivity contribution in [2.45, 2.75) is 12.3 Å². The molecule has 10 nitrogen and oxygen atoms in total. The van der Waals surface area contributed by atoms with Crippen LogP contribution in [0.5, 0.6) is 11.5 Å². The van der Waals surface area contributed by atoms with Gasteiger partial charge in [-0.1, -0.05) is 6.07 Å². The van der Waals surface area contributed by atoms with Gasteiger partial charge < -0.3 is 24.2 Å². The summed E-state index contributed by atoms with van der Waals surface area (Å²) in [6.45, 7) is 2.38. The molecule has 2 aliphatic heterocycles. The van der Waals surface area contributed by atoms with Crippen molar-refractivity contribution in [1.82, 2.24) is 14.0 Å². The fourth-order valence-corrected chi connectivity index (χ4v) is 4.84. The van der Waals surface area contributed by atoms with E-state index in [1.165, 1.54) is 28.4 Å². The van der Waals surface area contributed by atoms with E-state index in [0.29, 0.717) is 48.5 Å². The van der Waals surface area contributed by atoms with Crippen LogP contribution in [0.2, 0.25) is 0 Å². The number of phenols is 1. The van der Waals surface area contributed by atoms with E-state index in [1.807, 2.05) is 11.0 Å². The summed E-state index contributed by atoms with van der Waals surface area (Å²) in [6, 6.07) is 8.37. The molecule has 188 valence electrons. The lowest BCUT2D eigenvalue weighted by atomic mass is 9.86. The van der Waals surface area contributed by atoms with E-state index < -0.39 is 11.9 Å². The maximum atomic E-state index is 13.2. The summed E-state index contributed by atoms with van der Waals surface area (Å²) >= 11 is 0. The fourth-order valence-electron chi connectivity index (χ4n) is 4.84. The van der Waals surface area contributed by atoms with Crippen LogP contribution < -0.4 is 10.4 Å². The molecule has 0 saturated carbocycles. The van der Waals surface area contributed by atoms with Crippen LogP contribution in [-0.4, -0.2) is 64.3 Å². The number of hydrogen-bond donors (Lipinski definition) is 1. The van der Waals surface area contributed by atoms with Gasteiger partial charge in [-0.2, -0.15) is 0 Å². The molecule has 5 rings (SSSR count). The Hall–Kier alpha value is -4.05. The number of methoxy groups -OCH3 is 1. The number of benzene rings is 2. The van der Waals surface area contributed by atoms with E-state index in [2.05, 4.69) is 0 Å². The smallest absolute Gasteiger partial charge is 0.328 e. The predicted octanol–water partition coefficient (Wildman–Crippen LogP) is 2.03. The van der Waals surface area contributed by atoms with Gasteiger partial charge in [0.2, 0.25) is 5.78 Å². The van der Waals surface area contributed by atoms with Crippen LogP contribution in [0, 0.1) is 0 Å². The Morgan fingerprint density at radius 1 is 1.11 bits per heavy atom. The van der Waals surface area contributed by atoms with Gasteiger partial charge in [-0.25, -0.2) is 4.79 Å². The first-order valence-electron chi connectivity index (χ1n) is 11.6. The minimum atomic E-state index is -0.692. The summed E-state index contributed by atoms with van der Waals surface area (Å²) in [4.78, 5) is 40.0. The summed E-state index contributed by atoms with van der Waals surface area (Å²) in [5.74, 6) is -1.22. The number of phenolic OH excluding ortho intramolecular Hbond substituents is 1. The second-order valence-electron chi connectivity index (χ2n) is 8.93. The minimum absolute atomic E-state index is 0.104. The van der Waals surface area contributed by atoms with Gasteiger partial charge in [0, 0.05) is 44.9 Å². The van der Waals surface area contributed by atoms with Crippen molar-refractivity contribution in [3.8, 4) is 11.5 Å². The number of imidazole rings is 1. The Morgan fingerprint density at radius 3 is 2.56 bits per heavy atom. The Kier molecular flexibility index (Phi) is 6.05. The summed E-state index contributed by atoms with van der Waals surface area (Å²) in [5.41, 5.74) is 2.52. The number of aryl methyl sites for hydroxylation is 2. The van der Waals surface area contributed by atoms with E-state index in [0.717, 1.165) is 5.52 Å². The number of Topliss-reactive ketones (excluding diaryl/α,β-unsaturated/α-hetero) is 1. The van der Waals surface area contributed by atoms with Crippen LogP contribution in [-0.2, 0) is 28.4 Å². The molecule has 1 saturated heterocycles.